The summed E-state index contributed by atoms with van der Waals surface area (Å²) < 4.78 is 28.1. The van der Waals surface area contributed by atoms with E-state index < -0.39 is 0 Å². The third-order valence-electron chi connectivity index (χ3n) is 5.28. The molecule has 0 radical (unpaired) electrons. The van der Waals surface area contributed by atoms with Crippen molar-refractivity contribution in [2.24, 2.45) is 0 Å². The molecule has 0 aliphatic carbocycles. The maximum Gasteiger partial charge on any atom is 0.128 e. The number of nitrogens with zero attached hydrogens (tertiary/aromatic N) is 1. The maximum absolute atomic E-state index is 5.74. The molecule has 6 rings (SSSR count). The van der Waals surface area contributed by atoms with Gasteiger partial charge < -0.3 is 34.3 Å². The Morgan fingerprint density at radius 3 is 1.31 bits per heavy atom. The van der Waals surface area contributed by atoms with Crippen molar-refractivity contribution in [2.75, 3.05) is 63.5 Å². The molecular weight excluding hydrogens is 446 g/mol. The summed E-state index contributed by atoms with van der Waals surface area (Å²) in [5.41, 5.74) is 2.29. The molecule has 0 spiro atoms. The fourth-order valence-electron chi connectivity index (χ4n) is 3.40. The summed E-state index contributed by atoms with van der Waals surface area (Å²) in [4.78, 5) is 4.66. The standard InChI is InChI=1S/C27H33N3O5/c1-2-26-28-20-22-4-8-24(9-5-22)34-18-16-32-14-12-31-13-15-33-17-19-35-25-10-6-23(7-11-25)21-29-27(3-1)30-26/h1-11H,12-21H2,(H2,28,29,30). The molecule has 3 aromatic rings. The molecule has 0 saturated heterocycles. The van der Waals surface area contributed by atoms with E-state index in [1.165, 1.54) is 0 Å². The van der Waals surface area contributed by atoms with Gasteiger partial charge in [0.15, 0.2) is 0 Å². The first-order chi connectivity index (χ1) is 17.3. The van der Waals surface area contributed by atoms with Gasteiger partial charge in [-0.1, -0.05) is 30.3 Å². The van der Waals surface area contributed by atoms with Crippen molar-refractivity contribution in [1.29, 1.82) is 0 Å². The number of hydrogen-bond donors (Lipinski definition) is 2. The van der Waals surface area contributed by atoms with E-state index in [-0.39, 0.29) is 0 Å². The summed E-state index contributed by atoms with van der Waals surface area (Å²) >= 11 is 0. The number of nitrogens with one attached hydrogen (secondary N) is 2. The Morgan fingerprint density at radius 1 is 0.486 bits per heavy atom. The van der Waals surface area contributed by atoms with E-state index in [1.807, 2.05) is 66.7 Å². The van der Waals surface area contributed by atoms with Crippen LogP contribution in [0.2, 0.25) is 0 Å². The fraction of sp³-hybridized carbons (Fsp3) is 0.370. The van der Waals surface area contributed by atoms with Crippen LogP contribution in [0.15, 0.2) is 66.7 Å². The van der Waals surface area contributed by atoms with Crippen molar-refractivity contribution in [3.05, 3.63) is 77.9 Å². The minimum absolute atomic E-state index is 0.493. The van der Waals surface area contributed by atoms with Gasteiger partial charge in [-0.25, -0.2) is 4.98 Å². The Labute approximate surface area is 206 Å². The summed E-state index contributed by atoms with van der Waals surface area (Å²) in [5.74, 6) is 3.27. The van der Waals surface area contributed by atoms with Crippen LogP contribution in [0.3, 0.4) is 0 Å². The molecule has 8 heteroatoms. The van der Waals surface area contributed by atoms with Crippen LogP contribution >= 0.6 is 0 Å². The van der Waals surface area contributed by atoms with E-state index in [0.717, 1.165) is 34.3 Å². The minimum atomic E-state index is 0.493. The summed E-state index contributed by atoms with van der Waals surface area (Å²) in [5, 5.41) is 6.75. The number of ether oxygens (including phenoxy) is 5. The van der Waals surface area contributed by atoms with E-state index in [2.05, 4.69) is 15.6 Å². The molecule has 0 fully saturated rings. The molecule has 3 aliphatic rings. The zero-order valence-corrected chi connectivity index (χ0v) is 19.9. The first-order valence-corrected chi connectivity index (χ1v) is 12.0. The van der Waals surface area contributed by atoms with Gasteiger partial charge in [0.25, 0.3) is 0 Å². The molecule has 6 bridgehead atoms. The summed E-state index contributed by atoms with van der Waals surface area (Å²) in [6, 6.07) is 22.0. The van der Waals surface area contributed by atoms with E-state index in [4.69, 9.17) is 23.7 Å². The van der Waals surface area contributed by atoms with E-state index in [0.29, 0.717) is 65.9 Å². The molecule has 4 heterocycles. The van der Waals surface area contributed by atoms with Crippen LogP contribution in [0.4, 0.5) is 11.6 Å². The molecule has 2 aromatic carbocycles. The number of hydrogen-bond acceptors (Lipinski definition) is 8. The number of benzene rings is 2. The fourth-order valence-corrected chi connectivity index (χ4v) is 3.40. The van der Waals surface area contributed by atoms with Gasteiger partial charge in [-0.05, 0) is 47.5 Å². The molecule has 8 nitrogen and oxygen atoms in total. The average Bonchev–Trinajstić information content (AvgIpc) is 2.90. The zero-order valence-electron chi connectivity index (χ0n) is 19.9. The summed E-state index contributed by atoms with van der Waals surface area (Å²) in [6.07, 6.45) is 0. The van der Waals surface area contributed by atoms with Crippen molar-refractivity contribution in [1.82, 2.24) is 4.98 Å². The highest BCUT2D eigenvalue weighted by Crippen LogP contribution is 2.16. The lowest BCUT2D eigenvalue weighted by Gasteiger charge is -2.11. The predicted octanol–water partition coefficient (Wildman–Crippen LogP) is 4.13. The highest BCUT2D eigenvalue weighted by atomic mass is 16.6. The van der Waals surface area contributed by atoms with E-state index in [9.17, 15) is 0 Å². The normalized spacial score (nSPS) is 16.6. The third-order valence-corrected chi connectivity index (χ3v) is 5.28. The molecule has 2 N–H and O–H groups in total. The Hall–Kier alpha value is -3.33. The largest absolute Gasteiger partial charge is 0.491 e. The monoisotopic (exact) mass is 479 g/mol. The topological polar surface area (TPSA) is 83.1 Å². The first kappa shape index (κ1) is 24.8. The van der Waals surface area contributed by atoms with Gasteiger partial charge in [0.2, 0.25) is 0 Å². The smallest absolute Gasteiger partial charge is 0.128 e. The number of rotatable bonds is 0. The van der Waals surface area contributed by atoms with Gasteiger partial charge in [-0.2, -0.15) is 0 Å². The SMILES string of the molecule is c1cc2nc(c1)NCc1ccc(cc1)OCCOCCOCCOCCOc1ccc(cc1)CN2. The lowest BCUT2D eigenvalue weighted by atomic mass is 10.2. The van der Waals surface area contributed by atoms with Gasteiger partial charge in [0.1, 0.15) is 36.3 Å². The number of fused-ring (bicyclic) bond motifs is 2. The quantitative estimate of drug-likeness (QED) is 0.498. The number of anilines is 2. The Kier molecular flexibility index (Phi) is 10.0. The van der Waals surface area contributed by atoms with Crippen LogP contribution in [0.5, 0.6) is 11.5 Å². The minimum Gasteiger partial charge on any atom is -0.491 e. The van der Waals surface area contributed by atoms with Crippen LogP contribution in [-0.4, -0.2) is 57.8 Å². The number of aromatic nitrogens is 1. The van der Waals surface area contributed by atoms with Gasteiger partial charge in [-0.15, -0.1) is 0 Å². The average molecular weight is 480 g/mol. The summed E-state index contributed by atoms with van der Waals surface area (Å²) in [7, 11) is 0. The first-order valence-electron chi connectivity index (χ1n) is 12.0. The zero-order chi connectivity index (χ0) is 24.0. The van der Waals surface area contributed by atoms with Gasteiger partial charge in [0.05, 0.1) is 39.6 Å². The van der Waals surface area contributed by atoms with Crippen molar-refractivity contribution in [3.8, 4) is 11.5 Å². The van der Waals surface area contributed by atoms with Crippen LogP contribution in [-0.2, 0) is 27.3 Å². The molecule has 186 valence electrons. The Balaban J connectivity index is 1.33. The second-order valence-corrected chi connectivity index (χ2v) is 7.94. The van der Waals surface area contributed by atoms with Crippen LogP contribution < -0.4 is 20.1 Å². The molecular formula is C27H33N3O5. The highest BCUT2D eigenvalue weighted by Gasteiger charge is 2.02. The second-order valence-electron chi connectivity index (χ2n) is 7.94. The molecule has 0 amide bonds. The van der Waals surface area contributed by atoms with Crippen LogP contribution in [0.1, 0.15) is 11.1 Å². The van der Waals surface area contributed by atoms with Crippen LogP contribution in [0.25, 0.3) is 0 Å². The molecule has 3 aliphatic heterocycles. The van der Waals surface area contributed by atoms with Crippen molar-refractivity contribution >= 4 is 11.6 Å². The molecule has 35 heavy (non-hydrogen) atoms. The van der Waals surface area contributed by atoms with Gasteiger partial charge in [0, 0.05) is 13.1 Å². The van der Waals surface area contributed by atoms with Gasteiger partial charge in [-0.3, -0.25) is 0 Å². The predicted molar refractivity (Wildman–Crippen MR) is 135 cm³/mol. The third kappa shape index (κ3) is 9.09. The Bertz CT molecular complexity index is 922. The van der Waals surface area contributed by atoms with Crippen molar-refractivity contribution in [2.45, 2.75) is 13.1 Å². The maximum atomic E-state index is 5.74. The summed E-state index contributed by atoms with van der Waals surface area (Å²) in [6.45, 7) is 5.46. The van der Waals surface area contributed by atoms with Crippen molar-refractivity contribution in [3.63, 3.8) is 0 Å². The lowest BCUT2D eigenvalue weighted by Crippen LogP contribution is -2.14. The van der Waals surface area contributed by atoms with Gasteiger partial charge >= 0.3 is 0 Å². The second kappa shape index (κ2) is 14.2. The Morgan fingerprint density at radius 2 is 0.886 bits per heavy atom. The van der Waals surface area contributed by atoms with Crippen LogP contribution in [0, 0.1) is 0 Å². The van der Waals surface area contributed by atoms with E-state index >= 15 is 0 Å². The molecule has 1 aromatic heterocycles. The molecule has 0 atom stereocenters. The van der Waals surface area contributed by atoms with Crippen molar-refractivity contribution < 1.29 is 23.7 Å². The number of pyridine rings is 1. The van der Waals surface area contributed by atoms with E-state index in [1.54, 1.807) is 0 Å². The molecule has 0 unspecified atom stereocenters. The lowest BCUT2D eigenvalue weighted by molar-refractivity contribution is 0.00499. The highest BCUT2D eigenvalue weighted by molar-refractivity contribution is 5.46. The molecule has 0 saturated carbocycles.